The van der Waals surface area contributed by atoms with Gasteiger partial charge in [-0.1, -0.05) is 6.07 Å². The summed E-state index contributed by atoms with van der Waals surface area (Å²) in [6.45, 7) is 9.34. The highest BCUT2D eigenvalue weighted by molar-refractivity contribution is 5.94. The second-order valence-corrected chi connectivity index (χ2v) is 6.28. The van der Waals surface area contributed by atoms with Crippen molar-refractivity contribution in [3.8, 4) is 0 Å². The lowest BCUT2D eigenvalue weighted by Gasteiger charge is -2.43. The van der Waals surface area contributed by atoms with Crippen molar-refractivity contribution in [1.29, 1.82) is 0 Å². The average Bonchev–Trinajstić information content (AvgIpc) is 2.47. The van der Waals surface area contributed by atoms with Crippen molar-refractivity contribution in [1.82, 2.24) is 9.80 Å². The van der Waals surface area contributed by atoms with Crippen LogP contribution in [0.2, 0.25) is 0 Å². The van der Waals surface area contributed by atoms with Crippen molar-refractivity contribution in [2.24, 2.45) is 5.73 Å². The fourth-order valence-corrected chi connectivity index (χ4v) is 2.61. The van der Waals surface area contributed by atoms with Gasteiger partial charge in [-0.05, 0) is 38.5 Å². The van der Waals surface area contributed by atoms with E-state index < -0.39 is 5.82 Å². The molecule has 5 heteroatoms. The largest absolute Gasteiger partial charge is 0.336 e. The lowest BCUT2D eigenvalue weighted by atomic mass is 10.0. The number of aryl methyl sites for hydroxylation is 1. The Hall–Kier alpha value is -1.46. The van der Waals surface area contributed by atoms with Crippen molar-refractivity contribution in [2.45, 2.75) is 26.3 Å². The maximum atomic E-state index is 13.9. The number of carbonyl (C=O) groups is 1. The molecule has 2 N–H and O–H groups in total. The number of carbonyl (C=O) groups excluding carboxylic acids is 1. The van der Waals surface area contributed by atoms with E-state index in [0.29, 0.717) is 19.6 Å². The molecule has 1 fully saturated rings. The van der Waals surface area contributed by atoms with Gasteiger partial charge in [0.2, 0.25) is 0 Å². The minimum Gasteiger partial charge on any atom is -0.336 e. The third-order valence-corrected chi connectivity index (χ3v) is 4.28. The molecule has 21 heavy (non-hydrogen) atoms. The zero-order valence-electron chi connectivity index (χ0n) is 13.0. The molecule has 0 atom stereocenters. The van der Waals surface area contributed by atoms with Crippen LogP contribution >= 0.6 is 0 Å². The molecule has 0 saturated carbocycles. The van der Waals surface area contributed by atoms with Crippen molar-refractivity contribution >= 4 is 5.91 Å². The third-order valence-electron chi connectivity index (χ3n) is 4.28. The molecule has 1 saturated heterocycles. The standard InChI is InChI=1S/C16H24FN3O/c1-12-4-5-13(14(17)10-12)15(21)19-6-8-20(9-7-19)16(2,3)11-18/h4-5,10H,6-9,11,18H2,1-3H3. The van der Waals surface area contributed by atoms with Gasteiger partial charge in [-0.3, -0.25) is 9.69 Å². The Morgan fingerprint density at radius 3 is 2.43 bits per heavy atom. The Balaban J connectivity index is 2.03. The minimum absolute atomic E-state index is 0.0652. The van der Waals surface area contributed by atoms with E-state index in [1.165, 1.54) is 6.07 Å². The molecule has 116 valence electrons. The molecule has 0 aliphatic carbocycles. The molecule has 1 amide bonds. The van der Waals surface area contributed by atoms with Crippen molar-refractivity contribution in [2.75, 3.05) is 32.7 Å². The quantitative estimate of drug-likeness (QED) is 0.921. The van der Waals surface area contributed by atoms with Gasteiger partial charge in [0.05, 0.1) is 5.56 Å². The van der Waals surface area contributed by atoms with Gasteiger partial charge in [0, 0.05) is 38.3 Å². The van der Waals surface area contributed by atoms with E-state index in [1.54, 1.807) is 17.0 Å². The van der Waals surface area contributed by atoms with Crippen LogP contribution in [0.3, 0.4) is 0 Å². The Labute approximate surface area is 125 Å². The first-order chi connectivity index (χ1) is 9.85. The van der Waals surface area contributed by atoms with Crippen LogP contribution < -0.4 is 5.73 Å². The van der Waals surface area contributed by atoms with Crippen molar-refractivity contribution < 1.29 is 9.18 Å². The maximum Gasteiger partial charge on any atom is 0.256 e. The van der Waals surface area contributed by atoms with Gasteiger partial charge < -0.3 is 10.6 Å². The van der Waals surface area contributed by atoms with E-state index in [2.05, 4.69) is 18.7 Å². The summed E-state index contributed by atoms with van der Waals surface area (Å²) in [5.74, 6) is -0.664. The summed E-state index contributed by atoms with van der Waals surface area (Å²) in [4.78, 5) is 16.4. The second-order valence-electron chi connectivity index (χ2n) is 6.28. The average molecular weight is 293 g/mol. The Morgan fingerprint density at radius 1 is 1.29 bits per heavy atom. The summed E-state index contributed by atoms with van der Waals surface area (Å²) in [7, 11) is 0. The van der Waals surface area contributed by atoms with Crippen molar-refractivity contribution in [3.63, 3.8) is 0 Å². The monoisotopic (exact) mass is 293 g/mol. The molecule has 1 aliphatic heterocycles. The van der Waals surface area contributed by atoms with E-state index in [9.17, 15) is 9.18 Å². The van der Waals surface area contributed by atoms with E-state index in [1.807, 2.05) is 6.92 Å². The number of rotatable bonds is 3. The number of nitrogens with two attached hydrogens (primary N) is 1. The molecule has 4 nitrogen and oxygen atoms in total. The SMILES string of the molecule is Cc1ccc(C(=O)N2CCN(C(C)(C)CN)CC2)c(F)c1. The topological polar surface area (TPSA) is 49.6 Å². The number of hydrogen-bond donors (Lipinski definition) is 1. The molecule has 1 heterocycles. The Bertz CT molecular complexity index is 522. The fraction of sp³-hybridized carbons (Fsp3) is 0.562. The number of piperazine rings is 1. The van der Waals surface area contributed by atoms with Gasteiger partial charge in [-0.15, -0.1) is 0 Å². The summed E-state index contributed by atoms with van der Waals surface area (Å²) in [5.41, 5.74) is 6.70. The molecule has 1 aliphatic rings. The van der Waals surface area contributed by atoms with Gasteiger partial charge in [0.1, 0.15) is 5.82 Å². The molecule has 0 spiro atoms. The highest BCUT2D eigenvalue weighted by Gasteiger charge is 2.30. The molecule has 0 bridgehead atoms. The highest BCUT2D eigenvalue weighted by Crippen LogP contribution is 2.18. The van der Waals surface area contributed by atoms with Crippen LogP contribution in [0.4, 0.5) is 4.39 Å². The van der Waals surface area contributed by atoms with Gasteiger partial charge in [0.25, 0.3) is 5.91 Å². The molecule has 2 rings (SSSR count). The number of halogens is 1. The smallest absolute Gasteiger partial charge is 0.256 e. The second kappa shape index (κ2) is 6.12. The van der Waals surface area contributed by atoms with E-state index in [0.717, 1.165) is 18.7 Å². The van der Waals surface area contributed by atoms with E-state index in [-0.39, 0.29) is 17.0 Å². The zero-order valence-corrected chi connectivity index (χ0v) is 13.0. The Kier molecular flexibility index (Phi) is 4.64. The summed E-state index contributed by atoms with van der Waals surface area (Å²) in [6.07, 6.45) is 0. The first-order valence-electron chi connectivity index (χ1n) is 7.36. The van der Waals surface area contributed by atoms with Crippen molar-refractivity contribution in [3.05, 3.63) is 35.1 Å². The highest BCUT2D eigenvalue weighted by atomic mass is 19.1. The van der Waals surface area contributed by atoms with Crippen LogP contribution in [-0.4, -0.2) is 54.0 Å². The molecule has 0 radical (unpaired) electrons. The van der Waals surface area contributed by atoms with E-state index in [4.69, 9.17) is 5.73 Å². The van der Waals surface area contributed by atoms with Gasteiger partial charge in [-0.2, -0.15) is 0 Å². The molecule has 1 aromatic carbocycles. The van der Waals surface area contributed by atoms with Crippen LogP contribution in [0.5, 0.6) is 0 Å². The summed E-state index contributed by atoms with van der Waals surface area (Å²) >= 11 is 0. The Morgan fingerprint density at radius 2 is 1.90 bits per heavy atom. The van der Waals surface area contributed by atoms with Crippen LogP contribution in [0.1, 0.15) is 29.8 Å². The van der Waals surface area contributed by atoms with Gasteiger partial charge >= 0.3 is 0 Å². The van der Waals surface area contributed by atoms with Crippen LogP contribution in [0.25, 0.3) is 0 Å². The zero-order chi connectivity index (χ0) is 15.6. The lowest BCUT2D eigenvalue weighted by molar-refractivity contribution is 0.0423. The molecule has 0 aromatic heterocycles. The van der Waals surface area contributed by atoms with Gasteiger partial charge in [-0.25, -0.2) is 4.39 Å². The molecule has 0 unspecified atom stereocenters. The van der Waals surface area contributed by atoms with Crippen LogP contribution in [0, 0.1) is 12.7 Å². The van der Waals surface area contributed by atoms with Gasteiger partial charge in [0.15, 0.2) is 0 Å². The minimum atomic E-state index is -0.440. The summed E-state index contributed by atoms with van der Waals surface area (Å²) in [5, 5.41) is 0. The predicted octanol–water partition coefficient (Wildman–Crippen LogP) is 1.63. The normalized spacial score (nSPS) is 17.1. The van der Waals surface area contributed by atoms with Crippen LogP contribution in [0.15, 0.2) is 18.2 Å². The first-order valence-corrected chi connectivity index (χ1v) is 7.36. The molecular weight excluding hydrogens is 269 g/mol. The molecule has 1 aromatic rings. The third kappa shape index (κ3) is 3.41. The lowest BCUT2D eigenvalue weighted by Crippen LogP contribution is -2.58. The fourth-order valence-electron chi connectivity index (χ4n) is 2.61. The first kappa shape index (κ1) is 15.9. The number of benzene rings is 1. The summed E-state index contributed by atoms with van der Waals surface area (Å²) in [6, 6.07) is 4.74. The maximum absolute atomic E-state index is 13.9. The number of hydrogen-bond acceptors (Lipinski definition) is 3. The number of nitrogens with zero attached hydrogens (tertiary/aromatic N) is 2. The molecular formula is C16H24FN3O. The summed E-state index contributed by atoms with van der Waals surface area (Å²) < 4.78 is 13.9. The van der Waals surface area contributed by atoms with E-state index >= 15 is 0 Å². The number of amides is 1. The predicted molar refractivity (Wildman–Crippen MR) is 81.7 cm³/mol. The van der Waals surface area contributed by atoms with Crippen LogP contribution in [-0.2, 0) is 0 Å².